The molecule has 0 aliphatic heterocycles. The Kier molecular flexibility index (Phi) is 6.65. The Morgan fingerprint density at radius 1 is 1.00 bits per heavy atom. The fourth-order valence-corrected chi connectivity index (χ4v) is 3.58. The van der Waals surface area contributed by atoms with Gasteiger partial charge < -0.3 is 11.1 Å². The van der Waals surface area contributed by atoms with Gasteiger partial charge in [0.05, 0.1) is 0 Å². The highest BCUT2D eigenvalue weighted by Crippen LogP contribution is 2.38. The SMILES string of the molecule is CCC(CC)(CC)NCCC1(CN)CCCCC1. The van der Waals surface area contributed by atoms with Crippen LogP contribution in [0, 0.1) is 5.41 Å². The third-order valence-electron chi connectivity index (χ3n) is 5.53. The summed E-state index contributed by atoms with van der Waals surface area (Å²) in [6.07, 6.45) is 11.9. The summed E-state index contributed by atoms with van der Waals surface area (Å²) in [4.78, 5) is 0. The van der Waals surface area contributed by atoms with E-state index in [9.17, 15) is 0 Å². The van der Waals surface area contributed by atoms with E-state index in [0.29, 0.717) is 11.0 Å². The van der Waals surface area contributed by atoms with E-state index in [4.69, 9.17) is 5.73 Å². The van der Waals surface area contributed by atoms with Crippen LogP contribution in [0.1, 0.15) is 78.6 Å². The quantitative estimate of drug-likeness (QED) is 0.690. The highest BCUT2D eigenvalue weighted by atomic mass is 15.0. The molecule has 2 heteroatoms. The van der Waals surface area contributed by atoms with Crippen LogP contribution in [0.15, 0.2) is 0 Å². The fourth-order valence-electron chi connectivity index (χ4n) is 3.58. The number of nitrogens with two attached hydrogens (primary N) is 1. The van der Waals surface area contributed by atoms with Gasteiger partial charge in [-0.05, 0) is 57.0 Å². The zero-order chi connectivity index (χ0) is 13.5. The largest absolute Gasteiger partial charge is 0.330 e. The van der Waals surface area contributed by atoms with Gasteiger partial charge in [-0.15, -0.1) is 0 Å². The molecule has 1 rings (SSSR count). The van der Waals surface area contributed by atoms with Gasteiger partial charge in [0.15, 0.2) is 0 Å². The minimum Gasteiger partial charge on any atom is -0.330 e. The van der Waals surface area contributed by atoms with Gasteiger partial charge in [-0.25, -0.2) is 0 Å². The van der Waals surface area contributed by atoms with Crippen molar-refractivity contribution >= 4 is 0 Å². The molecular formula is C16H34N2. The van der Waals surface area contributed by atoms with E-state index >= 15 is 0 Å². The first-order valence-electron chi connectivity index (χ1n) is 8.11. The van der Waals surface area contributed by atoms with E-state index < -0.39 is 0 Å². The summed E-state index contributed by atoms with van der Waals surface area (Å²) in [5, 5.41) is 3.83. The first kappa shape index (κ1) is 16.0. The summed E-state index contributed by atoms with van der Waals surface area (Å²) in [7, 11) is 0. The average molecular weight is 254 g/mol. The van der Waals surface area contributed by atoms with E-state index in [2.05, 4.69) is 26.1 Å². The maximum absolute atomic E-state index is 6.06. The molecule has 0 bridgehead atoms. The summed E-state index contributed by atoms with van der Waals surface area (Å²) < 4.78 is 0. The molecule has 0 unspecified atom stereocenters. The monoisotopic (exact) mass is 254 g/mol. The molecule has 0 aromatic heterocycles. The Morgan fingerprint density at radius 2 is 1.56 bits per heavy atom. The molecule has 1 fully saturated rings. The Bertz CT molecular complexity index is 207. The van der Waals surface area contributed by atoms with Crippen molar-refractivity contribution in [1.29, 1.82) is 0 Å². The minimum atomic E-state index is 0.366. The number of hydrogen-bond acceptors (Lipinski definition) is 2. The summed E-state index contributed by atoms with van der Waals surface area (Å²) in [5.41, 5.74) is 6.87. The molecule has 108 valence electrons. The molecule has 0 aromatic rings. The molecule has 0 amide bonds. The van der Waals surface area contributed by atoms with Crippen molar-refractivity contribution in [2.75, 3.05) is 13.1 Å². The van der Waals surface area contributed by atoms with Gasteiger partial charge in [0.1, 0.15) is 0 Å². The first-order valence-corrected chi connectivity index (χ1v) is 8.11. The second-order valence-electron chi connectivity index (χ2n) is 6.28. The second-order valence-corrected chi connectivity index (χ2v) is 6.28. The van der Waals surface area contributed by atoms with Crippen LogP contribution in [0.5, 0.6) is 0 Å². The van der Waals surface area contributed by atoms with Gasteiger partial charge in [-0.1, -0.05) is 40.0 Å². The molecule has 2 nitrogen and oxygen atoms in total. The predicted molar refractivity (Wildman–Crippen MR) is 80.8 cm³/mol. The normalized spacial score (nSPS) is 20.0. The Morgan fingerprint density at radius 3 is 2.00 bits per heavy atom. The lowest BCUT2D eigenvalue weighted by Crippen LogP contribution is -2.46. The lowest BCUT2D eigenvalue weighted by atomic mass is 9.71. The summed E-state index contributed by atoms with van der Waals surface area (Å²) in [6, 6.07) is 0. The number of rotatable bonds is 8. The molecule has 0 spiro atoms. The fraction of sp³-hybridized carbons (Fsp3) is 1.00. The molecule has 0 heterocycles. The van der Waals surface area contributed by atoms with Crippen LogP contribution in [0.2, 0.25) is 0 Å². The van der Waals surface area contributed by atoms with Gasteiger partial charge in [-0.2, -0.15) is 0 Å². The summed E-state index contributed by atoms with van der Waals surface area (Å²) in [5.74, 6) is 0. The molecule has 0 radical (unpaired) electrons. The lowest BCUT2D eigenvalue weighted by molar-refractivity contribution is 0.169. The van der Waals surface area contributed by atoms with Crippen LogP contribution in [-0.4, -0.2) is 18.6 Å². The van der Waals surface area contributed by atoms with Crippen molar-refractivity contribution in [3.8, 4) is 0 Å². The third-order valence-corrected chi connectivity index (χ3v) is 5.53. The number of nitrogens with one attached hydrogen (secondary N) is 1. The van der Waals surface area contributed by atoms with Crippen molar-refractivity contribution in [3.05, 3.63) is 0 Å². The van der Waals surface area contributed by atoms with Crippen LogP contribution < -0.4 is 11.1 Å². The van der Waals surface area contributed by atoms with Gasteiger partial charge in [0.2, 0.25) is 0 Å². The molecule has 3 N–H and O–H groups in total. The molecule has 18 heavy (non-hydrogen) atoms. The van der Waals surface area contributed by atoms with Gasteiger partial charge >= 0.3 is 0 Å². The Balaban J connectivity index is 2.43. The molecule has 0 saturated heterocycles. The van der Waals surface area contributed by atoms with Gasteiger partial charge in [0.25, 0.3) is 0 Å². The molecule has 1 saturated carbocycles. The van der Waals surface area contributed by atoms with E-state index in [1.165, 1.54) is 57.8 Å². The first-order chi connectivity index (χ1) is 8.66. The molecular weight excluding hydrogens is 220 g/mol. The van der Waals surface area contributed by atoms with Crippen LogP contribution in [0.4, 0.5) is 0 Å². The molecule has 1 aliphatic rings. The van der Waals surface area contributed by atoms with Gasteiger partial charge in [0, 0.05) is 5.54 Å². The molecule has 1 aliphatic carbocycles. The Labute approximate surface area is 114 Å². The van der Waals surface area contributed by atoms with Crippen LogP contribution >= 0.6 is 0 Å². The van der Waals surface area contributed by atoms with Crippen molar-refractivity contribution in [2.45, 2.75) is 84.1 Å². The maximum atomic E-state index is 6.06. The molecule has 0 atom stereocenters. The molecule has 0 aromatic carbocycles. The predicted octanol–water partition coefficient (Wildman–Crippen LogP) is 3.84. The van der Waals surface area contributed by atoms with E-state index in [0.717, 1.165) is 13.1 Å². The zero-order valence-corrected chi connectivity index (χ0v) is 12.9. The zero-order valence-electron chi connectivity index (χ0n) is 12.9. The number of hydrogen-bond donors (Lipinski definition) is 2. The van der Waals surface area contributed by atoms with Crippen LogP contribution in [0.3, 0.4) is 0 Å². The maximum Gasteiger partial charge on any atom is 0.0173 e. The van der Waals surface area contributed by atoms with Crippen molar-refractivity contribution in [1.82, 2.24) is 5.32 Å². The highest BCUT2D eigenvalue weighted by molar-refractivity contribution is 4.88. The summed E-state index contributed by atoms with van der Waals surface area (Å²) >= 11 is 0. The topological polar surface area (TPSA) is 38.0 Å². The van der Waals surface area contributed by atoms with Crippen LogP contribution in [0.25, 0.3) is 0 Å². The Hall–Kier alpha value is -0.0800. The van der Waals surface area contributed by atoms with Gasteiger partial charge in [-0.3, -0.25) is 0 Å². The smallest absolute Gasteiger partial charge is 0.0173 e. The van der Waals surface area contributed by atoms with Crippen molar-refractivity contribution in [2.24, 2.45) is 11.1 Å². The van der Waals surface area contributed by atoms with E-state index in [-0.39, 0.29) is 0 Å². The minimum absolute atomic E-state index is 0.366. The van der Waals surface area contributed by atoms with E-state index in [1.807, 2.05) is 0 Å². The van der Waals surface area contributed by atoms with Crippen molar-refractivity contribution in [3.63, 3.8) is 0 Å². The second kappa shape index (κ2) is 7.49. The van der Waals surface area contributed by atoms with Crippen LogP contribution in [-0.2, 0) is 0 Å². The summed E-state index contributed by atoms with van der Waals surface area (Å²) in [6.45, 7) is 8.94. The van der Waals surface area contributed by atoms with Crippen molar-refractivity contribution < 1.29 is 0 Å². The third kappa shape index (κ3) is 3.96. The standard InChI is InChI=1S/C16H34N2/c1-4-16(5-2,6-3)18-13-12-15(14-17)10-8-7-9-11-15/h18H,4-14,17H2,1-3H3. The lowest BCUT2D eigenvalue weighted by Gasteiger charge is -2.39. The van der Waals surface area contributed by atoms with E-state index in [1.54, 1.807) is 0 Å². The highest BCUT2D eigenvalue weighted by Gasteiger charge is 2.31. The average Bonchev–Trinajstić information content (AvgIpc) is 2.45.